The minimum atomic E-state index is -2.61. The number of rotatable bonds is 4. The lowest BCUT2D eigenvalue weighted by atomic mass is 10.3. The van der Waals surface area contributed by atoms with Crippen molar-refractivity contribution in [2.24, 2.45) is 0 Å². The summed E-state index contributed by atoms with van der Waals surface area (Å²) in [5, 5.41) is 0. The van der Waals surface area contributed by atoms with Crippen molar-refractivity contribution in [1.29, 1.82) is 0 Å². The summed E-state index contributed by atoms with van der Waals surface area (Å²) in [6, 6.07) is 5.36. The molecule has 0 amide bonds. The summed E-state index contributed by atoms with van der Waals surface area (Å²) < 4.78 is 33.0. The molecule has 1 aromatic heterocycles. The van der Waals surface area contributed by atoms with Crippen molar-refractivity contribution in [2.75, 3.05) is 0 Å². The molecule has 0 saturated heterocycles. The van der Waals surface area contributed by atoms with Crippen LogP contribution in [0.25, 0.3) is 0 Å². The molecule has 1 aromatic carbocycles. The number of nitrogens with zero attached hydrogens (tertiary/aromatic N) is 2. The maximum Gasteiger partial charge on any atom is 0.320 e. The second-order valence-corrected chi connectivity index (χ2v) is 5.16. The fourth-order valence-corrected chi connectivity index (χ4v) is 2.53. The standard InChI is InChI=1S/C11H8Br2F2N2O/c12-7-1-2-9(8(13)5-7)18-6-10-16-3-4-17(10)11(14)15/h1-5,11H,6H2. The Morgan fingerprint density at radius 1 is 1.33 bits per heavy atom. The predicted molar refractivity (Wildman–Crippen MR) is 69.7 cm³/mol. The zero-order valence-corrected chi connectivity index (χ0v) is 12.2. The van der Waals surface area contributed by atoms with Crippen molar-refractivity contribution < 1.29 is 13.5 Å². The first-order chi connectivity index (χ1) is 8.58. The van der Waals surface area contributed by atoms with Gasteiger partial charge in [0.1, 0.15) is 12.4 Å². The van der Waals surface area contributed by atoms with Crippen LogP contribution in [0.2, 0.25) is 0 Å². The van der Waals surface area contributed by atoms with E-state index in [1.54, 1.807) is 12.1 Å². The molecule has 0 N–H and O–H groups in total. The topological polar surface area (TPSA) is 27.1 Å². The van der Waals surface area contributed by atoms with E-state index in [4.69, 9.17) is 4.74 Å². The minimum absolute atomic E-state index is 0.0163. The highest BCUT2D eigenvalue weighted by Crippen LogP contribution is 2.28. The van der Waals surface area contributed by atoms with Gasteiger partial charge in [0.05, 0.1) is 4.47 Å². The normalized spacial score (nSPS) is 10.9. The molecule has 0 fully saturated rings. The molecule has 0 radical (unpaired) electrons. The SMILES string of the molecule is FC(F)n1ccnc1COc1ccc(Br)cc1Br. The van der Waals surface area contributed by atoms with Gasteiger partial charge in [-0.05, 0) is 34.1 Å². The van der Waals surface area contributed by atoms with Gasteiger partial charge >= 0.3 is 6.55 Å². The molecule has 7 heteroatoms. The van der Waals surface area contributed by atoms with Gasteiger partial charge in [-0.3, -0.25) is 4.57 Å². The Kier molecular flexibility index (Phi) is 4.34. The average Bonchev–Trinajstić information content (AvgIpc) is 2.76. The molecule has 0 aliphatic carbocycles. The summed E-state index contributed by atoms with van der Waals surface area (Å²) in [7, 11) is 0. The van der Waals surface area contributed by atoms with Crippen LogP contribution >= 0.6 is 31.9 Å². The first kappa shape index (κ1) is 13.5. The van der Waals surface area contributed by atoms with Gasteiger partial charge in [-0.1, -0.05) is 15.9 Å². The van der Waals surface area contributed by atoms with E-state index in [-0.39, 0.29) is 12.4 Å². The van der Waals surface area contributed by atoms with E-state index in [0.717, 1.165) is 13.5 Å². The number of hydrogen-bond acceptors (Lipinski definition) is 2. The maximum atomic E-state index is 12.6. The molecule has 18 heavy (non-hydrogen) atoms. The van der Waals surface area contributed by atoms with E-state index in [1.165, 1.54) is 12.4 Å². The number of alkyl halides is 2. The van der Waals surface area contributed by atoms with Gasteiger partial charge in [0, 0.05) is 16.9 Å². The monoisotopic (exact) mass is 380 g/mol. The third-order valence-corrected chi connectivity index (χ3v) is 3.32. The third kappa shape index (κ3) is 3.08. The Balaban J connectivity index is 2.09. The molecule has 2 aromatic rings. The molecule has 0 aliphatic heterocycles. The number of imidazole rings is 1. The molecule has 2 rings (SSSR count). The van der Waals surface area contributed by atoms with E-state index in [1.807, 2.05) is 6.07 Å². The molecule has 0 aliphatic rings. The largest absolute Gasteiger partial charge is 0.484 e. The summed E-state index contributed by atoms with van der Waals surface area (Å²) in [6.45, 7) is -2.63. The Labute approximate surface area is 119 Å². The lowest BCUT2D eigenvalue weighted by Gasteiger charge is -2.10. The lowest BCUT2D eigenvalue weighted by molar-refractivity contribution is 0.0632. The van der Waals surface area contributed by atoms with Gasteiger partial charge in [-0.15, -0.1) is 0 Å². The van der Waals surface area contributed by atoms with E-state index >= 15 is 0 Å². The third-order valence-electron chi connectivity index (χ3n) is 2.21. The summed E-state index contributed by atoms with van der Waals surface area (Å²) in [5.74, 6) is 0.752. The van der Waals surface area contributed by atoms with Gasteiger partial charge in [-0.25, -0.2) is 4.98 Å². The highest BCUT2D eigenvalue weighted by molar-refractivity contribution is 9.11. The van der Waals surface area contributed by atoms with Crippen LogP contribution < -0.4 is 4.74 Å². The molecule has 0 bridgehead atoms. The van der Waals surface area contributed by atoms with E-state index in [9.17, 15) is 8.78 Å². The molecule has 0 saturated carbocycles. The average molecular weight is 382 g/mol. The minimum Gasteiger partial charge on any atom is -0.484 e. The molecular weight excluding hydrogens is 374 g/mol. The van der Waals surface area contributed by atoms with Crippen LogP contribution in [0.3, 0.4) is 0 Å². The zero-order chi connectivity index (χ0) is 13.1. The van der Waals surface area contributed by atoms with E-state index in [0.29, 0.717) is 5.75 Å². The summed E-state index contributed by atoms with van der Waals surface area (Å²) >= 11 is 6.64. The van der Waals surface area contributed by atoms with Crippen molar-refractivity contribution in [3.8, 4) is 5.75 Å². The Hall–Kier alpha value is -0.950. The van der Waals surface area contributed by atoms with Crippen molar-refractivity contribution in [1.82, 2.24) is 9.55 Å². The van der Waals surface area contributed by atoms with Crippen LogP contribution in [0.1, 0.15) is 12.4 Å². The zero-order valence-electron chi connectivity index (χ0n) is 8.99. The van der Waals surface area contributed by atoms with Crippen LogP contribution in [-0.2, 0) is 6.61 Å². The first-order valence-corrected chi connectivity index (χ1v) is 6.54. The fourth-order valence-electron chi connectivity index (χ4n) is 1.37. The quantitative estimate of drug-likeness (QED) is 0.785. The van der Waals surface area contributed by atoms with Crippen LogP contribution in [0.15, 0.2) is 39.5 Å². The van der Waals surface area contributed by atoms with Crippen LogP contribution in [-0.4, -0.2) is 9.55 Å². The lowest BCUT2D eigenvalue weighted by Crippen LogP contribution is -2.07. The Morgan fingerprint density at radius 3 is 2.78 bits per heavy atom. The molecule has 0 atom stereocenters. The maximum absolute atomic E-state index is 12.6. The summed E-state index contributed by atoms with van der Waals surface area (Å²) in [4.78, 5) is 3.83. The van der Waals surface area contributed by atoms with Gasteiger partial charge in [0.25, 0.3) is 0 Å². The highest BCUT2D eigenvalue weighted by Gasteiger charge is 2.12. The number of aromatic nitrogens is 2. The van der Waals surface area contributed by atoms with Crippen LogP contribution in [0, 0.1) is 0 Å². The molecule has 3 nitrogen and oxygen atoms in total. The molecule has 0 spiro atoms. The van der Waals surface area contributed by atoms with Crippen molar-refractivity contribution in [2.45, 2.75) is 13.2 Å². The van der Waals surface area contributed by atoms with Crippen molar-refractivity contribution in [3.05, 3.63) is 45.4 Å². The second kappa shape index (κ2) is 5.79. The van der Waals surface area contributed by atoms with E-state index in [2.05, 4.69) is 36.8 Å². The highest BCUT2D eigenvalue weighted by atomic mass is 79.9. The Morgan fingerprint density at radius 2 is 2.11 bits per heavy atom. The van der Waals surface area contributed by atoms with Crippen LogP contribution in [0.4, 0.5) is 8.78 Å². The van der Waals surface area contributed by atoms with Gasteiger partial charge in [-0.2, -0.15) is 8.78 Å². The number of halogens is 4. The number of hydrogen-bond donors (Lipinski definition) is 0. The smallest absolute Gasteiger partial charge is 0.320 e. The van der Waals surface area contributed by atoms with E-state index < -0.39 is 6.55 Å². The number of ether oxygens (including phenoxy) is 1. The summed E-state index contributed by atoms with van der Waals surface area (Å²) in [6.07, 6.45) is 2.54. The second-order valence-electron chi connectivity index (χ2n) is 3.39. The number of benzene rings is 1. The van der Waals surface area contributed by atoms with Gasteiger partial charge in [0.15, 0.2) is 5.82 Å². The summed E-state index contributed by atoms with van der Waals surface area (Å²) in [5.41, 5.74) is 0. The van der Waals surface area contributed by atoms with Crippen molar-refractivity contribution >= 4 is 31.9 Å². The first-order valence-electron chi connectivity index (χ1n) is 4.95. The molecular formula is C11H8Br2F2N2O. The molecule has 0 unspecified atom stereocenters. The van der Waals surface area contributed by atoms with Crippen molar-refractivity contribution in [3.63, 3.8) is 0 Å². The van der Waals surface area contributed by atoms with Gasteiger partial charge < -0.3 is 4.74 Å². The van der Waals surface area contributed by atoms with Crippen LogP contribution in [0.5, 0.6) is 5.75 Å². The Bertz CT molecular complexity index is 546. The predicted octanol–water partition coefficient (Wildman–Crippen LogP) is 4.38. The molecule has 96 valence electrons. The molecule has 1 heterocycles. The van der Waals surface area contributed by atoms with Gasteiger partial charge in [0.2, 0.25) is 0 Å². The fraction of sp³-hybridized carbons (Fsp3) is 0.182.